The summed E-state index contributed by atoms with van der Waals surface area (Å²) in [4.78, 5) is 1.99. The third kappa shape index (κ3) is 2.04. The number of nitriles is 1. The third-order valence-electron chi connectivity index (χ3n) is 3.58. The van der Waals surface area contributed by atoms with Crippen LogP contribution in [0.25, 0.3) is 0 Å². The van der Waals surface area contributed by atoms with Crippen LogP contribution >= 0.6 is 0 Å². The summed E-state index contributed by atoms with van der Waals surface area (Å²) in [6.45, 7) is 0.745. The normalized spacial score (nSPS) is 12.4. The number of nitrogens with zero attached hydrogens (tertiary/aromatic N) is 2. The summed E-state index contributed by atoms with van der Waals surface area (Å²) in [5.74, 6) is 0.959. The lowest BCUT2D eigenvalue weighted by Gasteiger charge is -2.22. The van der Waals surface area contributed by atoms with Crippen molar-refractivity contribution in [3.8, 4) is 11.8 Å². The summed E-state index contributed by atoms with van der Waals surface area (Å²) in [5.41, 5.74) is 10.4. The molecule has 1 aliphatic heterocycles. The second-order valence-electron chi connectivity index (χ2n) is 4.83. The molecular weight excluding hydrogens is 250 g/mol. The van der Waals surface area contributed by atoms with E-state index in [9.17, 15) is 0 Å². The molecule has 0 saturated heterocycles. The van der Waals surface area contributed by atoms with E-state index in [2.05, 4.69) is 12.1 Å². The van der Waals surface area contributed by atoms with Crippen molar-refractivity contribution >= 4 is 17.1 Å². The van der Waals surface area contributed by atoms with Crippen molar-refractivity contribution in [3.05, 3.63) is 47.5 Å². The maximum absolute atomic E-state index is 9.01. The van der Waals surface area contributed by atoms with Crippen LogP contribution in [0.1, 0.15) is 11.1 Å². The van der Waals surface area contributed by atoms with Gasteiger partial charge in [0.15, 0.2) is 0 Å². The zero-order chi connectivity index (χ0) is 14.1. The second kappa shape index (κ2) is 4.78. The molecule has 0 aromatic heterocycles. The zero-order valence-electron chi connectivity index (χ0n) is 11.3. The van der Waals surface area contributed by atoms with Crippen molar-refractivity contribution in [2.45, 2.75) is 6.42 Å². The van der Waals surface area contributed by atoms with Gasteiger partial charge in [0.2, 0.25) is 0 Å². The highest BCUT2D eigenvalue weighted by Gasteiger charge is 2.15. The van der Waals surface area contributed by atoms with E-state index in [0.717, 1.165) is 30.2 Å². The lowest BCUT2D eigenvalue weighted by atomic mass is 10.1. The molecule has 1 aliphatic rings. The largest absolute Gasteiger partial charge is 0.493 e. The smallest absolute Gasteiger partial charge is 0.122 e. The van der Waals surface area contributed by atoms with Crippen molar-refractivity contribution in [1.82, 2.24) is 0 Å². The number of fused-ring (bicyclic) bond motifs is 1. The Bertz CT molecular complexity index is 703. The fraction of sp³-hybridized carbons (Fsp3) is 0.188. The molecule has 0 saturated carbocycles. The number of benzene rings is 2. The maximum atomic E-state index is 9.01. The molecule has 4 heteroatoms. The molecule has 1 heterocycles. The number of rotatable bonds is 2. The molecule has 0 aliphatic carbocycles. The van der Waals surface area contributed by atoms with Gasteiger partial charge in [-0.1, -0.05) is 0 Å². The van der Waals surface area contributed by atoms with Crippen molar-refractivity contribution in [2.24, 2.45) is 0 Å². The Morgan fingerprint density at radius 3 is 2.90 bits per heavy atom. The van der Waals surface area contributed by atoms with E-state index in [-0.39, 0.29) is 0 Å². The van der Waals surface area contributed by atoms with Crippen LogP contribution in [0.15, 0.2) is 36.4 Å². The second-order valence-corrected chi connectivity index (χ2v) is 4.83. The molecule has 0 amide bonds. The summed E-state index contributed by atoms with van der Waals surface area (Å²) in [5, 5.41) is 9.01. The van der Waals surface area contributed by atoms with Crippen molar-refractivity contribution in [1.29, 1.82) is 5.26 Å². The monoisotopic (exact) mass is 265 g/mol. The highest BCUT2D eigenvalue weighted by Crippen LogP contribution is 2.34. The van der Waals surface area contributed by atoms with Gasteiger partial charge in [-0.3, -0.25) is 0 Å². The summed E-state index contributed by atoms with van der Waals surface area (Å²) >= 11 is 0. The Kier molecular flexibility index (Phi) is 2.96. The Morgan fingerprint density at radius 2 is 2.10 bits per heavy atom. The van der Waals surface area contributed by atoms with Gasteiger partial charge in [0.05, 0.1) is 29.6 Å². The molecule has 20 heavy (non-hydrogen) atoms. The Balaban J connectivity index is 2.00. The average Bonchev–Trinajstić information content (AvgIpc) is 2.94. The van der Waals surface area contributed by atoms with Gasteiger partial charge >= 0.3 is 0 Å². The lowest BCUT2D eigenvalue weighted by molar-refractivity contribution is 0.357. The summed E-state index contributed by atoms with van der Waals surface area (Å²) in [6.07, 6.45) is 0.935. The molecule has 0 spiro atoms. The van der Waals surface area contributed by atoms with Gasteiger partial charge in [-0.25, -0.2) is 0 Å². The predicted octanol–water partition coefficient (Wildman–Crippen LogP) is 2.84. The third-order valence-corrected chi connectivity index (χ3v) is 3.58. The minimum absolute atomic E-state index is 0.602. The molecule has 2 aromatic carbocycles. The van der Waals surface area contributed by atoms with E-state index in [1.165, 1.54) is 5.56 Å². The first-order valence-electron chi connectivity index (χ1n) is 6.48. The Labute approximate surface area is 118 Å². The summed E-state index contributed by atoms with van der Waals surface area (Å²) < 4.78 is 5.51. The van der Waals surface area contributed by atoms with Crippen LogP contribution in [0.2, 0.25) is 0 Å². The molecule has 100 valence electrons. The first kappa shape index (κ1) is 12.4. The molecule has 2 aromatic rings. The number of anilines is 3. The number of hydrogen-bond acceptors (Lipinski definition) is 4. The summed E-state index contributed by atoms with van der Waals surface area (Å²) in [7, 11) is 1.95. The van der Waals surface area contributed by atoms with E-state index in [0.29, 0.717) is 11.3 Å². The van der Waals surface area contributed by atoms with Crippen LogP contribution in [-0.2, 0) is 6.42 Å². The Morgan fingerprint density at radius 1 is 1.25 bits per heavy atom. The van der Waals surface area contributed by atoms with Crippen molar-refractivity contribution in [3.63, 3.8) is 0 Å². The number of hydrogen-bond donors (Lipinski definition) is 1. The van der Waals surface area contributed by atoms with E-state index >= 15 is 0 Å². The van der Waals surface area contributed by atoms with Crippen LogP contribution in [0.5, 0.6) is 5.75 Å². The van der Waals surface area contributed by atoms with E-state index in [1.54, 1.807) is 18.2 Å². The molecule has 3 rings (SSSR count). The van der Waals surface area contributed by atoms with E-state index < -0.39 is 0 Å². The molecule has 4 nitrogen and oxygen atoms in total. The quantitative estimate of drug-likeness (QED) is 0.848. The number of nitrogen functional groups attached to an aromatic ring is 1. The topological polar surface area (TPSA) is 62.3 Å². The Hall–Kier alpha value is -2.67. The van der Waals surface area contributed by atoms with E-state index in [4.69, 9.17) is 15.7 Å². The molecule has 2 N–H and O–H groups in total. The van der Waals surface area contributed by atoms with Gasteiger partial charge in [0.25, 0.3) is 0 Å². The molecule has 0 unspecified atom stereocenters. The molecule has 0 atom stereocenters. The van der Waals surface area contributed by atoms with Gasteiger partial charge in [0, 0.05) is 19.2 Å². The minimum atomic E-state index is 0.602. The fourth-order valence-corrected chi connectivity index (χ4v) is 2.42. The highest BCUT2D eigenvalue weighted by atomic mass is 16.5. The summed E-state index contributed by atoms with van der Waals surface area (Å²) in [6, 6.07) is 13.5. The van der Waals surface area contributed by atoms with E-state index in [1.807, 2.05) is 24.1 Å². The fourth-order valence-electron chi connectivity index (χ4n) is 2.42. The lowest BCUT2D eigenvalue weighted by Crippen LogP contribution is -2.12. The van der Waals surface area contributed by atoms with Crippen molar-refractivity contribution in [2.75, 3.05) is 24.3 Å². The molecular formula is C16H15N3O. The standard InChI is InChI=1S/C16H15N3O/c1-19(15-8-11(10-17)2-4-14(15)18)13-3-5-16-12(9-13)6-7-20-16/h2-5,8-9H,6-7,18H2,1H3. The molecule has 0 bridgehead atoms. The van der Waals surface area contributed by atoms with Gasteiger partial charge in [-0.2, -0.15) is 5.26 Å². The van der Waals surface area contributed by atoms with Gasteiger partial charge in [0.1, 0.15) is 5.75 Å². The van der Waals surface area contributed by atoms with Crippen LogP contribution in [0, 0.1) is 11.3 Å². The van der Waals surface area contributed by atoms with Gasteiger partial charge in [-0.15, -0.1) is 0 Å². The molecule has 0 radical (unpaired) electrons. The number of ether oxygens (including phenoxy) is 1. The van der Waals surface area contributed by atoms with Crippen LogP contribution in [-0.4, -0.2) is 13.7 Å². The van der Waals surface area contributed by atoms with Crippen molar-refractivity contribution < 1.29 is 4.74 Å². The van der Waals surface area contributed by atoms with Gasteiger partial charge < -0.3 is 15.4 Å². The molecule has 0 fully saturated rings. The zero-order valence-corrected chi connectivity index (χ0v) is 11.3. The van der Waals surface area contributed by atoms with Crippen LogP contribution < -0.4 is 15.4 Å². The van der Waals surface area contributed by atoms with Gasteiger partial charge in [-0.05, 0) is 42.0 Å². The van der Waals surface area contributed by atoms with Crippen LogP contribution in [0.4, 0.5) is 17.1 Å². The predicted molar refractivity (Wildman–Crippen MR) is 79.3 cm³/mol. The average molecular weight is 265 g/mol. The minimum Gasteiger partial charge on any atom is -0.493 e. The first-order valence-corrected chi connectivity index (χ1v) is 6.48. The highest BCUT2D eigenvalue weighted by molar-refractivity contribution is 5.76. The SMILES string of the molecule is CN(c1ccc2c(c1)CCO2)c1cc(C#N)ccc1N. The number of nitrogens with two attached hydrogens (primary N) is 1. The first-order chi connectivity index (χ1) is 9.69. The van der Waals surface area contributed by atoms with Crippen LogP contribution in [0.3, 0.4) is 0 Å². The maximum Gasteiger partial charge on any atom is 0.122 e.